The summed E-state index contributed by atoms with van der Waals surface area (Å²) in [4.78, 5) is 205. The van der Waals surface area contributed by atoms with Gasteiger partial charge in [0.15, 0.2) is 35.8 Å². The maximum Gasteiger partial charge on any atom is 0.245 e. The number of primary amides is 2. The fraction of sp³-hybridized carbons (Fsp3) is 0.689. The van der Waals surface area contributed by atoms with Crippen LogP contribution in [-0.4, -0.2) is 236 Å². The number of carbonyl (C=O) groups is 13. The van der Waals surface area contributed by atoms with Gasteiger partial charge in [-0.1, -0.05) is 12.8 Å². The second-order valence-corrected chi connectivity index (χ2v) is 25.2. The summed E-state index contributed by atoms with van der Waals surface area (Å²) in [5.74, 6) is -12.7. The van der Waals surface area contributed by atoms with Gasteiger partial charge in [-0.3, -0.25) is 92.3 Å². The molecular weight excluding hydrogens is 1410 g/mol. The third-order valence-electron chi connectivity index (χ3n) is 15.8. The van der Waals surface area contributed by atoms with Gasteiger partial charge in [-0.05, 0) is 116 Å². The summed E-state index contributed by atoms with van der Waals surface area (Å²) in [6, 6.07) is -12.9. The fourth-order valence-electron chi connectivity index (χ4n) is 10.3. The molecule has 38 N–H and O–H groups in total. The second-order valence-electron chi connectivity index (χ2n) is 24.9. The van der Waals surface area contributed by atoms with Crippen molar-refractivity contribution in [2.24, 2.45) is 110 Å². The van der Waals surface area contributed by atoms with Gasteiger partial charge < -0.3 is 138 Å². The molecule has 44 nitrogen and oxygen atoms in total. The summed E-state index contributed by atoms with van der Waals surface area (Å²) < 4.78 is 0. The average molecular weight is 1520 g/mol. The normalized spacial score (nSPS) is 18.9. The molecule has 0 bridgehead atoms. The molecule has 106 heavy (non-hydrogen) atoms. The van der Waals surface area contributed by atoms with Crippen molar-refractivity contribution in [3.8, 4) is 0 Å². The molecule has 1 rings (SSSR count). The Morgan fingerprint density at radius 2 is 0.802 bits per heavy atom. The highest BCUT2D eigenvalue weighted by molar-refractivity contribution is 7.80. The molecule has 0 aromatic heterocycles. The standard InChI is InChI=1S/C61H115N31O13S/c1-34-48(98)86-37(16-10-27-79-58(68)69)53(103)90-41(19-13-30-82-61(74)75)55(105)92(31-7-3-2-6-24-76-44(94)20-4-5-21-45(95)84-35(14-8-25-77-56(64)65)50(100)89-40(49(99)83-34)22-23-43(62)93)32-46(96)85-36(15-9-26-78-57(66)67)51(101)87-38(17-11-28-80-59(70)71)52(102)88-39(18-12-29-81-60(72)73)54(104)91-42(33-106)47(63)97/h34-42,106H,2-33H2,1H3,(H2,62,93)(H2,63,97)(H,76,94)(H,83,99)(H,84,95)(H,85,96)(H,86,98)(H,87,101)(H,88,102)(H,89,100)(H,90,103)(H,91,104)(H4,64,65,77)(H4,66,67,78)(H4,68,69,79)(H4,70,71,80)(H4,72,73,81)(H4,74,75,82)/t34-,35-,36-,37-,38-,39-,40-,41-,42-/m0/s1. The molecule has 0 aromatic rings. The Balaban J connectivity index is 4.11. The van der Waals surface area contributed by atoms with E-state index in [1.54, 1.807) is 0 Å². The first-order chi connectivity index (χ1) is 50.1. The van der Waals surface area contributed by atoms with E-state index in [0.717, 1.165) is 4.90 Å². The van der Waals surface area contributed by atoms with Crippen LogP contribution in [0.4, 0.5) is 0 Å². The molecule has 0 unspecified atom stereocenters. The van der Waals surface area contributed by atoms with Crippen LogP contribution in [0.5, 0.6) is 0 Å². The van der Waals surface area contributed by atoms with Crippen molar-refractivity contribution >= 4 is 125 Å². The predicted octanol–water partition coefficient (Wildman–Crippen LogP) is -10.5. The highest BCUT2D eigenvalue weighted by Crippen LogP contribution is 2.14. The smallest absolute Gasteiger partial charge is 0.245 e. The van der Waals surface area contributed by atoms with Crippen LogP contribution in [-0.2, 0) is 62.3 Å². The largest absolute Gasteiger partial charge is 0.370 e. The van der Waals surface area contributed by atoms with Gasteiger partial charge in [0.05, 0.1) is 6.54 Å². The van der Waals surface area contributed by atoms with Gasteiger partial charge in [0.2, 0.25) is 76.8 Å². The van der Waals surface area contributed by atoms with Crippen LogP contribution in [0.15, 0.2) is 30.0 Å². The molecule has 9 atom stereocenters. The highest BCUT2D eigenvalue weighted by Gasteiger charge is 2.36. The summed E-state index contributed by atoms with van der Waals surface area (Å²) in [5, 5.41) is 26.2. The van der Waals surface area contributed by atoms with Crippen molar-refractivity contribution in [3.05, 3.63) is 0 Å². The topological polar surface area (TPSA) is 784 Å². The van der Waals surface area contributed by atoms with Crippen LogP contribution in [0, 0.1) is 0 Å². The van der Waals surface area contributed by atoms with Crippen LogP contribution in [0.2, 0.25) is 0 Å². The lowest BCUT2D eigenvalue weighted by Gasteiger charge is -2.30. The Kier molecular flexibility index (Phi) is 46.5. The number of hydrogen-bond donors (Lipinski definition) is 25. The van der Waals surface area contributed by atoms with Crippen LogP contribution < -0.4 is 133 Å². The molecule has 1 aliphatic heterocycles. The number of nitrogens with zero attached hydrogens (tertiary/aromatic N) is 7. The SMILES string of the molecule is C[C@@H]1NC(=O)[C@H](CCC(N)=O)NC(=O)[C@H](CCCN=C(N)N)NC(=O)CCCCC(=O)NCCCCCCN(CC(=O)N[C@@H](CCCN=C(N)N)C(=O)N[C@@H](CCCN=C(N)N)C(=O)N[C@@H](CCCN=C(N)N)C(=O)N[C@@H](CS)C(N)=O)C(=O)[C@H](CCCN=C(N)N)NC(=O)[C@H](CCCN=C(N)N)NC1=O. The summed E-state index contributed by atoms with van der Waals surface area (Å²) in [6.45, 7) is 0.444. The van der Waals surface area contributed by atoms with Gasteiger partial charge in [-0.15, -0.1) is 0 Å². The number of guanidine groups is 6. The maximum atomic E-state index is 15.3. The third kappa shape index (κ3) is 43.3. The van der Waals surface area contributed by atoms with Crippen molar-refractivity contribution in [1.82, 2.24) is 58.1 Å². The molecule has 598 valence electrons. The minimum atomic E-state index is -1.54. The van der Waals surface area contributed by atoms with E-state index in [4.69, 9.17) is 80.3 Å². The van der Waals surface area contributed by atoms with E-state index in [0.29, 0.717) is 19.3 Å². The molecule has 0 radical (unpaired) electrons. The number of thiol groups is 1. The number of rotatable bonds is 38. The first-order valence-electron chi connectivity index (χ1n) is 34.9. The van der Waals surface area contributed by atoms with E-state index in [9.17, 15) is 57.5 Å². The minimum absolute atomic E-state index is 0.0207. The van der Waals surface area contributed by atoms with Crippen LogP contribution in [0.25, 0.3) is 0 Å². The average Bonchev–Trinajstić information content (AvgIpc) is 0.864. The molecule has 1 saturated heterocycles. The van der Waals surface area contributed by atoms with Crippen LogP contribution >= 0.6 is 12.6 Å². The van der Waals surface area contributed by atoms with E-state index in [-0.39, 0.29) is 215 Å². The van der Waals surface area contributed by atoms with E-state index >= 15 is 4.79 Å². The lowest BCUT2D eigenvalue weighted by Crippen LogP contribution is -2.59. The zero-order chi connectivity index (χ0) is 79.7. The number of amides is 13. The Morgan fingerprint density at radius 3 is 1.24 bits per heavy atom. The van der Waals surface area contributed by atoms with Gasteiger partial charge in [-0.2, -0.15) is 12.6 Å². The molecule has 13 amide bonds. The van der Waals surface area contributed by atoms with Crippen molar-refractivity contribution < 1.29 is 62.3 Å². The van der Waals surface area contributed by atoms with Crippen molar-refractivity contribution in [3.63, 3.8) is 0 Å². The zero-order valence-electron chi connectivity index (χ0n) is 60.3. The molecule has 0 spiro atoms. The minimum Gasteiger partial charge on any atom is -0.370 e. The Labute approximate surface area is 620 Å². The molecule has 0 aliphatic carbocycles. The second kappa shape index (κ2) is 52.9. The lowest BCUT2D eigenvalue weighted by molar-refractivity contribution is -0.141. The molecule has 0 aromatic carbocycles. The van der Waals surface area contributed by atoms with Crippen LogP contribution in [0.1, 0.15) is 148 Å². The van der Waals surface area contributed by atoms with Gasteiger partial charge in [0.25, 0.3) is 0 Å². The third-order valence-corrected chi connectivity index (χ3v) is 16.1. The van der Waals surface area contributed by atoms with Gasteiger partial charge >= 0.3 is 0 Å². The Hall–Kier alpha value is -10.9. The van der Waals surface area contributed by atoms with Crippen molar-refractivity contribution in [1.29, 1.82) is 0 Å². The quantitative estimate of drug-likeness (QED) is 0.0118. The number of hydrogen-bond acceptors (Lipinski definition) is 20. The fourth-order valence-corrected chi connectivity index (χ4v) is 10.5. The number of carbonyl (C=O) groups excluding carboxylic acids is 13. The summed E-state index contributed by atoms with van der Waals surface area (Å²) in [6.07, 6.45) is 0.886. The van der Waals surface area contributed by atoms with E-state index in [1.165, 1.54) is 6.92 Å². The van der Waals surface area contributed by atoms with E-state index in [2.05, 4.69) is 95.8 Å². The van der Waals surface area contributed by atoms with Crippen LogP contribution in [0.3, 0.4) is 0 Å². The summed E-state index contributed by atoms with van der Waals surface area (Å²) in [5.41, 5.74) is 77.7. The van der Waals surface area contributed by atoms with Crippen molar-refractivity contribution in [2.45, 2.75) is 203 Å². The van der Waals surface area contributed by atoms with Gasteiger partial charge in [0.1, 0.15) is 54.4 Å². The Morgan fingerprint density at radius 1 is 0.434 bits per heavy atom. The van der Waals surface area contributed by atoms with Gasteiger partial charge in [-0.25, -0.2) is 0 Å². The molecule has 1 heterocycles. The number of nitrogens with one attached hydrogen (secondary N) is 10. The lowest BCUT2D eigenvalue weighted by atomic mass is 10.0. The molecule has 1 aliphatic rings. The monoisotopic (exact) mass is 1520 g/mol. The molecule has 1 fully saturated rings. The summed E-state index contributed by atoms with van der Waals surface area (Å²) in [7, 11) is 0. The molecule has 0 saturated carbocycles. The van der Waals surface area contributed by atoms with E-state index in [1.807, 2.05) is 0 Å². The molecular formula is C61H115N31O13S. The Bertz CT molecular complexity index is 3060. The number of nitrogens with two attached hydrogens (primary N) is 14. The first kappa shape index (κ1) is 93.1. The first-order valence-corrected chi connectivity index (χ1v) is 35.5. The number of aliphatic imine (C=N–C) groups is 6. The van der Waals surface area contributed by atoms with E-state index < -0.39 is 138 Å². The zero-order valence-corrected chi connectivity index (χ0v) is 61.2. The van der Waals surface area contributed by atoms with Gasteiger partial charge in [0, 0.05) is 77.4 Å². The highest BCUT2D eigenvalue weighted by atomic mass is 32.1. The maximum absolute atomic E-state index is 15.3. The predicted molar refractivity (Wildman–Crippen MR) is 401 cm³/mol. The summed E-state index contributed by atoms with van der Waals surface area (Å²) >= 11 is 4.10. The molecule has 45 heteroatoms. The van der Waals surface area contributed by atoms with Crippen molar-refractivity contribution in [2.75, 3.05) is 64.7 Å².